The SMILES string of the molecule is CC1=CC(OC2C[C@H](OC(=O)c3ccc(Cl)cc3)[C@@H](COC(=O)c3ccc(Cl)cc3)O2)[N+](c2ccccc2)=N1. The van der Waals surface area contributed by atoms with Crippen molar-refractivity contribution in [2.45, 2.75) is 38.1 Å². The molecule has 2 unspecified atom stereocenters. The van der Waals surface area contributed by atoms with E-state index >= 15 is 0 Å². The van der Waals surface area contributed by atoms with E-state index in [9.17, 15) is 9.59 Å². The van der Waals surface area contributed by atoms with Crippen molar-refractivity contribution in [1.82, 2.24) is 0 Å². The lowest BCUT2D eigenvalue weighted by atomic mass is 10.1. The maximum absolute atomic E-state index is 12.9. The predicted octanol–water partition coefficient (Wildman–Crippen LogP) is 6.55. The Balaban J connectivity index is 1.29. The van der Waals surface area contributed by atoms with Gasteiger partial charge in [0.15, 0.2) is 6.29 Å². The summed E-state index contributed by atoms with van der Waals surface area (Å²) in [6.07, 6.45) is -0.657. The van der Waals surface area contributed by atoms with Gasteiger partial charge in [0, 0.05) is 34.7 Å². The summed E-state index contributed by atoms with van der Waals surface area (Å²) in [7, 11) is 0. The van der Waals surface area contributed by atoms with Gasteiger partial charge in [0.2, 0.25) is 5.69 Å². The van der Waals surface area contributed by atoms with Gasteiger partial charge in [-0.25, -0.2) is 9.59 Å². The topological polar surface area (TPSA) is 86.4 Å². The third-order valence-electron chi connectivity index (χ3n) is 6.17. The number of nitrogens with zero attached hydrogens (tertiary/aromatic N) is 2. The zero-order chi connectivity index (χ0) is 27.4. The highest BCUT2D eigenvalue weighted by Crippen LogP contribution is 2.30. The average Bonchev–Trinajstić information content (AvgIpc) is 3.50. The molecule has 0 radical (unpaired) electrons. The summed E-state index contributed by atoms with van der Waals surface area (Å²) in [4.78, 5) is 25.5. The highest BCUT2D eigenvalue weighted by Gasteiger charge is 2.43. The number of allylic oxidation sites excluding steroid dienone is 1. The number of azo groups is 2. The van der Waals surface area contributed by atoms with Gasteiger partial charge in [0.1, 0.15) is 24.5 Å². The maximum Gasteiger partial charge on any atom is 0.338 e. The minimum Gasteiger partial charge on any atom is -0.459 e. The van der Waals surface area contributed by atoms with Crippen molar-refractivity contribution in [3.8, 4) is 0 Å². The van der Waals surface area contributed by atoms with Crippen LogP contribution in [0.2, 0.25) is 10.0 Å². The van der Waals surface area contributed by atoms with E-state index in [-0.39, 0.29) is 13.0 Å². The summed E-state index contributed by atoms with van der Waals surface area (Å²) >= 11 is 11.9. The van der Waals surface area contributed by atoms with Crippen LogP contribution in [0.4, 0.5) is 5.69 Å². The van der Waals surface area contributed by atoms with Gasteiger partial charge in [0.25, 0.3) is 0 Å². The Morgan fingerprint density at radius 2 is 1.54 bits per heavy atom. The van der Waals surface area contributed by atoms with Gasteiger partial charge in [-0.1, -0.05) is 46.1 Å². The van der Waals surface area contributed by atoms with Crippen molar-refractivity contribution < 1.29 is 33.2 Å². The number of benzene rings is 3. The lowest BCUT2D eigenvalue weighted by Crippen LogP contribution is -2.32. The molecule has 10 heteroatoms. The lowest BCUT2D eigenvalue weighted by Gasteiger charge is -2.19. The highest BCUT2D eigenvalue weighted by molar-refractivity contribution is 6.31. The molecule has 2 aliphatic heterocycles. The monoisotopic (exact) mass is 567 g/mol. The molecule has 0 bridgehead atoms. The number of para-hydroxylation sites is 1. The molecule has 0 aromatic heterocycles. The Bertz CT molecular complexity index is 1390. The largest absolute Gasteiger partial charge is 0.459 e. The number of rotatable bonds is 8. The first-order valence-electron chi connectivity index (χ1n) is 12.3. The van der Waals surface area contributed by atoms with Crippen LogP contribution in [0.15, 0.2) is 95.8 Å². The second-order valence-corrected chi connectivity index (χ2v) is 9.88. The summed E-state index contributed by atoms with van der Waals surface area (Å²) in [6, 6.07) is 22.3. The van der Waals surface area contributed by atoms with Crippen LogP contribution in [0.3, 0.4) is 0 Å². The van der Waals surface area contributed by atoms with Crippen molar-refractivity contribution in [3.05, 3.63) is 112 Å². The first kappa shape index (κ1) is 27.0. The van der Waals surface area contributed by atoms with Crippen LogP contribution in [-0.2, 0) is 18.9 Å². The fourth-order valence-corrected chi connectivity index (χ4v) is 4.48. The molecule has 4 atom stereocenters. The van der Waals surface area contributed by atoms with Gasteiger partial charge < -0.3 is 14.2 Å². The van der Waals surface area contributed by atoms with E-state index in [0.717, 1.165) is 11.4 Å². The highest BCUT2D eigenvalue weighted by atomic mass is 35.5. The molecule has 1 saturated heterocycles. The second-order valence-electron chi connectivity index (χ2n) is 9.01. The molecule has 8 nitrogen and oxygen atoms in total. The first-order valence-corrected chi connectivity index (χ1v) is 13.1. The average molecular weight is 568 g/mol. The van der Waals surface area contributed by atoms with Gasteiger partial charge in [0.05, 0.1) is 11.1 Å². The number of carbonyl (C=O) groups is 2. The van der Waals surface area contributed by atoms with Gasteiger partial charge in [-0.3, -0.25) is 4.74 Å². The second kappa shape index (κ2) is 12.1. The molecule has 200 valence electrons. The Hall–Kier alpha value is -3.56. The Morgan fingerprint density at radius 3 is 2.18 bits per heavy atom. The van der Waals surface area contributed by atoms with Gasteiger partial charge in [-0.15, -0.1) is 0 Å². The summed E-state index contributed by atoms with van der Waals surface area (Å²) in [6.45, 7) is 1.73. The molecule has 0 saturated carbocycles. The molecular formula is C29H25Cl2N2O6+. The molecule has 3 aromatic carbocycles. The molecule has 1 fully saturated rings. The van der Waals surface area contributed by atoms with Gasteiger partial charge in [-0.05, 0) is 60.6 Å². The van der Waals surface area contributed by atoms with Crippen LogP contribution in [0.25, 0.3) is 0 Å². The molecule has 5 rings (SSSR count). The standard InChI is InChI=1S/C29H25Cl2N2O6/c1-18-15-26(33(32-18)23-5-3-2-4-6-23)39-27-16-24(38-29(35)20-9-13-22(31)14-10-20)25(37-27)17-36-28(34)19-7-11-21(30)12-8-19/h2-15,24-27H,16-17H2,1H3/q+1/t24-,25+,26?,27?/m0/s1. The van der Waals surface area contributed by atoms with Crippen LogP contribution in [0.1, 0.15) is 34.1 Å². The molecule has 3 aromatic rings. The van der Waals surface area contributed by atoms with Crippen molar-refractivity contribution in [3.63, 3.8) is 0 Å². The Labute approximate surface area is 235 Å². The zero-order valence-electron chi connectivity index (χ0n) is 20.9. The number of carbonyl (C=O) groups excluding carboxylic acids is 2. The molecule has 2 heterocycles. The first-order chi connectivity index (χ1) is 18.9. The number of hydrogen-bond acceptors (Lipinski definition) is 7. The van der Waals surface area contributed by atoms with Crippen LogP contribution in [-0.4, -0.2) is 48.0 Å². The summed E-state index contributed by atoms with van der Waals surface area (Å²) in [5, 5.41) is 5.56. The van der Waals surface area contributed by atoms with Crippen LogP contribution in [0, 0.1) is 0 Å². The Morgan fingerprint density at radius 1 is 0.923 bits per heavy atom. The third-order valence-corrected chi connectivity index (χ3v) is 6.67. The van der Waals surface area contributed by atoms with E-state index in [1.807, 2.05) is 43.3 Å². The molecule has 0 N–H and O–H groups in total. The van der Waals surface area contributed by atoms with Crippen molar-refractivity contribution in [1.29, 1.82) is 0 Å². The van der Waals surface area contributed by atoms with Crippen LogP contribution >= 0.6 is 23.2 Å². The molecular weight excluding hydrogens is 543 g/mol. The number of esters is 2. The lowest BCUT2D eigenvalue weighted by molar-refractivity contribution is -0.587. The quantitative estimate of drug-likeness (QED) is 0.226. The fraction of sp³-hybridized carbons (Fsp3) is 0.241. The normalized spacial score (nSPS) is 22.2. The zero-order valence-corrected chi connectivity index (χ0v) is 22.4. The van der Waals surface area contributed by atoms with Crippen molar-refractivity contribution in [2.24, 2.45) is 5.11 Å². The molecule has 0 amide bonds. The van der Waals surface area contributed by atoms with E-state index in [2.05, 4.69) is 5.11 Å². The molecule has 2 aliphatic rings. The van der Waals surface area contributed by atoms with E-state index in [1.54, 1.807) is 53.2 Å². The predicted molar refractivity (Wildman–Crippen MR) is 143 cm³/mol. The van der Waals surface area contributed by atoms with Gasteiger partial charge in [-0.2, -0.15) is 0 Å². The van der Waals surface area contributed by atoms with Crippen molar-refractivity contribution in [2.75, 3.05) is 6.61 Å². The van der Waals surface area contributed by atoms with E-state index in [4.69, 9.17) is 42.1 Å². The molecule has 0 aliphatic carbocycles. The number of halogens is 2. The van der Waals surface area contributed by atoms with E-state index in [1.165, 1.54) is 0 Å². The van der Waals surface area contributed by atoms with Crippen molar-refractivity contribution >= 4 is 40.8 Å². The smallest absolute Gasteiger partial charge is 0.338 e. The number of ether oxygens (including phenoxy) is 4. The van der Waals surface area contributed by atoms with E-state index < -0.39 is 36.7 Å². The summed E-state index contributed by atoms with van der Waals surface area (Å²) < 4.78 is 25.4. The van der Waals surface area contributed by atoms with Crippen LogP contribution < -0.4 is 0 Å². The summed E-state index contributed by atoms with van der Waals surface area (Å²) in [5.74, 6) is -1.10. The van der Waals surface area contributed by atoms with Gasteiger partial charge >= 0.3 is 18.2 Å². The number of hydrogen-bond donors (Lipinski definition) is 0. The molecule has 0 spiro atoms. The molecule has 39 heavy (non-hydrogen) atoms. The summed E-state index contributed by atoms with van der Waals surface area (Å²) in [5.41, 5.74) is 2.32. The van der Waals surface area contributed by atoms with Crippen LogP contribution in [0.5, 0.6) is 0 Å². The third kappa shape index (κ3) is 6.72. The Kier molecular flexibility index (Phi) is 8.38. The van der Waals surface area contributed by atoms with E-state index in [0.29, 0.717) is 21.2 Å². The maximum atomic E-state index is 12.9. The minimum atomic E-state index is -0.754. The minimum absolute atomic E-state index is 0.147. The fourth-order valence-electron chi connectivity index (χ4n) is 4.23.